The number of nitrogens with zero attached hydrogens (tertiary/aromatic N) is 1. The van der Waals surface area contributed by atoms with Gasteiger partial charge in [0.15, 0.2) is 11.4 Å². The van der Waals surface area contributed by atoms with E-state index < -0.39 is 58.0 Å². The third kappa shape index (κ3) is 4.88. The number of hydrogen-bond acceptors (Lipinski definition) is 10. The van der Waals surface area contributed by atoms with Gasteiger partial charge in [0.2, 0.25) is 5.78 Å². The fourth-order valence-corrected chi connectivity index (χ4v) is 8.14. The van der Waals surface area contributed by atoms with Crippen LogP contribution in [0.15, 0.2) is 47.2 Å². The summed E-state index contributed by atoms with van der Waals surface area (Å²) in [5, 5.41) is 49.3. The van der Waals surface area contributed by atoms with Crippen LogP contribution in [-0.2, 0) is 27.3 Å². The van der Waals surface area contributed by atoms with Crippen LogP contribution in [0.25, 0.3) is 16.9 Å². The van der Waals surface area contributed by atoms with Crippen LogP contribution < -0.4 is 15.8 Å². The van der Waals surface area contributed by atoms with Crippen LogP contribution in [0.3, 0.4) is 0 Å². The Morgan fingerprint density at radius 2 is 1.78 bits per heavy atom. The average molecular weight is 632 g/mol. The first-order valence-corrected chi connectivity index (χ1v) is 15.8. The summed E-state index contributed by atoms with van der Waals surface area (Å²) in [6.07, 6.45) is 6.21. The zero-order chi connectivity index (χ0) is 33.1. The zero-order valence-electron chi connectivity index (χ0n) is 26.3. The first-order valence-electron chi connectivity index (χ1n) is 15.8. The Balaban J connectivity index is 1.46. The van der Waals surface area contributed by atoms with Crippen LogP contribution in [0.2, 0.25) is 0 Å². The molecule has 4 atom stereocenters. The van der Waals surface area contributed by atoms with Crippen molar-refractivity contribution in [3.8, 4) is 22.6 Å². The van der Waals surface area contributed by atoms with Crippen molar-refractivity contribution in [2.24, 2.45) is 17.6 Å². The third-order valence-electron chi connectivity index (χ3n) is 10.4. The number of primary amides is 1. The molecule has 11 nitrogen and oxygen atoms in total. The average Bonchev–Trinajstić information content (AvgIpc) is 3.02. The van der Waals surface area contributed by atoms with Crippen LogP contribution in [0.1, 0.15) is 55.2 Å². The Hall–Kier alpha value is -4.19. The Bertz CT molecular complexity index is 1690. The molecule has 0 bridgehead atoms. The van der Waals surface area contributed by atoms with Gasteiger partial charge in [-0.25, -0.2) is 0 Å². The molecule has 2 saturated carbocycles. The van der Waals surface area contributed by atoms with Crippen molar-refractivity contribution in [2.75, 3.05) is 21.2 Å². The summed E-state index contributed by atoms with van der Waals surface area (Å²) in [6.45, 7) is 0.666. The highest BCUT2D eigenvalue weighted by molar-refractivity contribution is 6.24. The first kappa shape index (κ1) is 31.8. The summed E-state index contributed by atoms with van der Waals surface area (Å²) < 4.78 is 5.74. The SMILES string of the molecule is COc1ccc(CNC2CCCCC2)cc1-c1ccc(O)c2c1C[C@H]1C[C@@H]3[C@@H](N(C)C)C(=O)C(C(N)=O)=C(O)[C@]3(O)C(=O)C1=C2O. The minimum Gasteiger partial charge on any atom is -0.508 e. The second kappa shape index (κ2) is 11.9. The van der Waals surface area contributed by atoms with E-state index in [9.17, 15) is 34.8 Å². The number of phenolic OH excluding ortho intramolecular Hbond substituents is 1. The van der Waals surface area contributed by atoms with E-state index in [0.29, 0.717) is 29.5 Å². The maximum Gasteiger partial charge on any atom is 0.255 e. The summed E-state index contributed by atoms with van der Waals surface area (Å²) in [4.78, 5) is 41.3. The van der Waals surface area contributed by atoms with E-state index in [1.165, 1.54) is 30.2 Å². The van der Waals surface area contributed by atoms with E-state index in [0.717, 1.165) is 24.0 Å². The molecule has 4 aliphatic carbocycles. The number of nitrogens with two attached hydrogens (primary N) is 1. The van der Waals surface area contributed by atoms with E-state index in [1.54, 1.807) is 27.3 Å². The van der Waals surface area contributed by atoms with Gasteiger partial charge in [0.1, 0.15) is 28.6 Å². The number of fused-ring (bicyclic) bond motifs is 3. The van der Waals surface area contributed by atoms with Gasteiger partial charge in [0.05, 0.1) is 18.7 Å². The Kier molecular flexibility index (Phi) is 8.20. The second-order valence-electron chi connectivity index (χ2n) is 13.2. The molecule has 11 heteroatoms. The fourth-order valence-electron chi connectivity index (χ4n) is 8.14. The number of hydrogen-bond donors (Lipinski definition) is 6. The van der Waals surface area contributed by atoms with Gasteiger partial charge in [0.25, 0.3) is 5.91 Å². The smallest absolute Gasteiger partial charge is 0.255 e. The number of rotatable bonds is 7. The van der Waals surface area contributed by atoms with Crippen LogP contribution in [0, 0.1) is 11.8 Å². The van der Waals surface area contributed by atoms with Crippen molar-refractivity contribution in [1.82, 2.24) is 10.2 Å². The normalized spacial score (nSPS) is 26.6. The summed E-state index contributed by atoms with van der Waals surface area (Å²) in [6, 6.07) is 8.43. The van der Waals surface area contributed by atoms with E-state index in [1.807, 2.05) is 18.2 Å². The lowest BCUT2D eigenvalue weighted by Gasteiger charge is -2.50. The molecule has 6 rings (SSSR count). The number of ether oxygens (including phenoxy) is 1. The minimum atomic E-state index is -2.68. The molecule has 7 N–H and O–H groups in total. The Labute approximate surface area is 267 Å². The summed E-state index contributed by atoms with van der Waals surface area (Å²) in [5.41, 5.74) is 4.84. The predicted molar refractivity (Wildman–Crippen MR) is 170 cm³/mol. The number of ketones is 2. The maximum atomic E-state index is 14.2. The fraction of sp³-hybridized carbons (Fsp3) is 0.457. The van der Waals surface area contributed by atoms with E-state index in [-0.39, 0.29) is 29.7 Å². The summed E-state index contributed by atoms with van der Waals surface area (Å²) in [5.74, 6) is -6.21. The number of phenols is 1. The number of aliphatic hydroxyl groups is 3. The number of aromatic hydroxyl groups is 1. The largest absolute Gasteiger partial charge is 0.508 e. The van der Waals surface area contributed by atoms with Gasteiger partial charge in [-0.1, -0.05) is 31.4 Å². The number of amides is 1. The number of Topliss-reactive ketones (excluding diaryl/α,β-unsaturated/α-hetero) is 2. The third-order valence-corrected chi connectivity index (χ3v) is 10.4. The molecule has 0 heterocycles. The summed E-state index contributed by atoms with van der Waals surface area (Å²) in [7, 11) is 4.72. The topological polar surface area (TPSA) is 183 Å². The molecule has 0 saturated heterocycles. The molecule has 46 heavy (non-hydrogen) atoms. The molecule has 0 radical (unpaired) electrons. The van der Waals surface area contributed by atoms with E-state index in [2.05, 4.69) is 5.32 Å². The monoisotopic (exact) mass is 631 g/mol. The quantitative estimate of drug-likeness (QED) is 0.249. The van der Waals surface area contributed by atoms with Crippen LogP contribution in [0.5, 0.6) is 11.5 Å². The van der Waals surface area contributed by atoms with Gasteiger partial charge >= 0.3 is 0 Å². The highest BCUT2D eigenvalue weighted by Gasteiger charge is 2.64. The Morgan fingerprint density at radius 1 is 1.07 bits per heavy atom. The molecule has 0 unspecified atom stereocenters. The number of aliphatic hydroxyl groups excluding tert-OH is 2. The van der Waals surface area contributed by atoms with Crippen LogP contribution in [-0.4, -0.2) is 81.7 Å². The molecule has 2 fully saturated rings. The van der Waals surface area contributed by atoms with Gasteiger partial charge in [-0.2, -0.15) is 0 Å². The molecule has 2 aromatic rings. The second-order valence-corrected chi connectivity index (χ2v) is 13.2. The van der Waals surface area contributed by atoms with Gasteiger partial charge in [-0.3, -0.25) is 19.3 Å². The van der Waals surface area contributed by atoms with Gasteiger partial charge in [-0.05, 0) is 80.6 Å². The number of benzene rings is 2. The molecule has 2 aromatic carbocycles. The van der Waals surface area contributed by atoms with Gasteiger partial charge < -0.3 is 36.2 Å². The summed E-state index contributed by atoms with van der Waals surface area (Å²) >= 11 is 0. The van der Waals surface area contributed by atoms with E-state index >= 15 is 0 Å². The van der Waals surface area contributed by atoms with Gasteiger partial charge in [0, 0.05) is 29.6 Å². The van der Waals surface area contributed by atoms with Crippen molar-refractivity contribution in [3.63, 3.8) is 0 Å². The first-order chi connectivity index (χ1) is 21.9. The van der Waals surface area contributed by atoms with Crippen molar-refractivity contribution in [3.05, 3.63) is 63.9 Å². The number of carbonyl (C=O) groups excluding carboxylic acids is 3. The minimum absolute atomic E-state index is 0.0172. The Morgan fingerprint density at radius 3 is 2.43 bits per heavy atom. The maximum absolute atomic E-state index is 14.2. The number of carbonyl (C=O) groups is 3. The molecular weight excluding hydrogens is 590 g/mol. The molecular formula is C35H41N3O8. The lowest BCUT2D eigenvalue weighted by atomic mass is 9.57. The molecule has 1 amide bonds. The lowest BCUT2D eigenvalue weighted by Crippen LogP contribution is -2.65. The zero-order valence-corrected chi connectivity index (χ0v) is 26.3. The molecule has 0 aromatic heterocycles. The predicted octanol–water partition coefficient (Wildman–Crippen LogP) is 3.06. The van der Waals surface area contributed by atoms with Gasteiger partial charge in [-0.15, -0.1) is 0 Å². The standard InChI is InChI=1S/C35H41N3O8/c1-38(2)29-23-15-18-14-22-20(21-13-17(9-12-25(21)46-3)16-37-19-7-5-4-6-8-19)10-11-24(39)27(22)30(40)26(18)32(42)35(23,45)33(43)28(31(29)41)34(36)44/h9-13,18-19,23,29,37,39-40,43,45H,4-8,14-16H2,1-3H3,(H2,36,44)/t18-,23+,29+,35+/m0/s1. The molecule has 0 spiro atoms. The molecule has 4 aliphatic rings. The van der Waals surface area contributed by atoms with Crippen molar-refractivity contribution >= 4 is 23.2 Å². The van der Waals surface area contributed by atoms with Crippen molar-refractivity contribution < 1.29 is 39.5 Å². The van der Waals surface area contributed by atoms with Crippen LogP contribution in [0.4, 0.5) is 0 Å². The van der Waals surface area contributed by atoms with Crippen molar-refractivity contribution in [1.29, 1.82) is 0 Å². The number of methoxy groups -OCH3 is 1. The lowest BCUT2D eigenvalue weighted by molar-refractivity contribution is -0.153. The molecule has 0 aliphatic heterocycles. The number of likely N-dealkylation sites (N-methyl/N-ethyl adjacent to an activating group) is 1. The van der Waals surface area contributed by atoms with Crippen LogP contribution >= 0.6 is 0 Å². The highest BCUT2D eigenvalue weighted by atomic mass is 16.5. The van der Waals surface area contributed by atoms with Crippen molar-refractivity contribution in [2.45, 2.75) is 69.2 Å². The number of nitrogens with one attached hydrogen (secondary N) is 1. The highest BCUT2D eigenvalue weighted by Crippen LogP contribution is 2.54. The molecule has 244 valence electrons. The van der Waals surface area contributed by atoms with E-state index in [4.69, 9.17) is 10.5 Å².